The first-order valence-corrected chi connectivity index (χ1v) is 8.33. The largest absolute Gasteiger partial charge is 0.494 e. The normalized spacial score (nSPS) is 15.9. The summed E-state index contributed by atoms with van der Waals surface area (Å²) in [4.78, 5) is 18.1. The number of benzene rings is 1. The van der Waals surface area contributed by atoms with Gasteiger partial charge in [-0.1, -0.05) is 11.3 Å². The summed E-state index contributed by atoms with van der Waals surface area (Å²) in [5.41, 5.74) is 1.94. The summed E-state index contributed by atoms with van der Waals surface area (Å²) in [5, 5.41) is 0. The van der Waals surface area contributed by atoms with Gasteiger partial charge in [-0.05, 0) is 36.8 Å². The van der Waals surface area contributed by atoms with Crippen LogP contribution in [0.25, 0.3) is 11.3 Å². The standard InChI is InChI=1S/C16H20N2O3S/c1-2-21-13-5-3-12(4-6-13)15-14(22-16(19)17-15)11-18-7-9-20-10-8-18/h3-6H,2,7-11H2,1H3,(H,17,19). The quantitative estimate of drug-likeness (QED) is 0.919. The van der Waals surface area contributed by atoms with Crippen molar-refractivity contribution in [2.24, 2.45) is 0 Å². The fourth-order valence-electron chi connectivity index (χ4n) is 2.55. The molecule has 1 aromatic heterocycles. The third kappa shape index (κ3) is 3.58. The summed E-state index contributed by atoms with van der Waals surface area (Å²) in [5.74, 6) is 0.846. The van der Waals surface area contributed by atoms with Gasteiger partial charge >= 0.3 is 4.87 Å². The molecule has 0 amide bonds. The van der Waals surface area contributed by atoms with E-state index in [9.17, 15) is 4.79 Å². The van der Waals surface area contributed by atoms with Crippen LogP contribution in [0, 0.1) is 0 Å². The summed E-state index contributed by atoms with van der Waals surface area (Å²) in [6.45, 7) is 6.75. The van der Waals surface area contributed by atoms with E-state index in [-0.39, 0.29) is 4.87 Å². The number of ether oxygens (including phenoxy) is 2. The highest BCUT2D eigenvalue weighted by Gasteiger charge is 2.16. The van der Waals surface area contributed by atoms with Crippen LogP contribution in [0.1, 0.15) is 11.8 Å². The summed E-state index contributed by atoms with van der Waals surface area (Å²) in [6.07, 6.45) is 0. The van der Waals surface area contributed by atoms with E-state index in [0.717, 1.165) is 54.7 Å². The van der Waals surface area contributed by atoms with Crippen molar-refractivity contribution in [2.45, 2.75) is 13.5 Å². The van der Waals surface area contributed by atoms with Gasteiger partial charge in [0.2, 0.25) is 0 Å². The molecule has 22 heavy (non-hydrogen) atoms. The maximum atomic E-state index is 11.8. The smallest absolute Gasteiger partial charge is 0.305 e. The topological polar surface area (TPSA) is 54.6 Å². The van der Waals surface area contributed by atoms with Crippen LogP contribution < -0.4 is 9.61 Å². The lowest BCUT2D eigenvalue weighted by molar-refractivity contribution is 0.0347. The number of rotatable bonds is 5. The number of aromatic amines is 1. The molecule has 118 valence electrons. The average molecular weight is 320 g/mol. The van der Waals surface area contributed by atoms with Crippen molar-refractivity contribution in [3.63, 3.8) is 0 Å². The molecular formula is C16H20N2O3S. The van der Waals surface area contributed by atoms with Gasteiger partial charge in [0.05, 0.1) is 25.5 Å². The molecule has 0 spiro atoms. The highest BCUT2D eigenvalue weighted by Crippen LogP contribution is 2.26. The number of hydrogen-bond donors (Lipinski definition) is 1. The molecular weight excluding hydrogens is 300 g/mol. The second-order valence-corrected chi connectivity index (χ2v) is 6.23. The summed E-state index contributed by atoms with van der Waals surface area (Å²) in [6, 6.07) is 7.86. The van der Waals surface area contributed by atoms with Crippen LogP contribution in [-0.4, -0.2) is 42.8 Å². The van der Waals surface area contributed by atoms with Crippen LogP contribution in [0.3, 0.4) is 0 Å². The zero-order chi connectivity index (χ0) is 15.4. The maximum Gasteiger partial charge on any atom is 0.305 e. The van der Waals surface area contributed by atoms with Gasteiger partial charge in [-0.2, -0.15) is 0 Å². The molecule has 1 aliphatic heterocycles. The van der Waals surface area contributed by atoms with Crippen LogP contribution in [0.4, 0.5) is 0 Å². The molecule has 2 heterocycles. The van der Waals surface area contributed by atoms with Crippen molar-refractivity contribution < 1.29 is 9.47 Å². The minimum absolute atomic E-state index is 0.00727. The molecule has 1 saturated heterocycles. The Kier molecular flexibility index (Phi) is 4.92. The Bertz CT molecular complexity index is 657. The van der Waals surface area contributed by atoms with E-state index in [0.29, 0.717) is 6.61 Å². The van der Waals surface area contributed by atoms with Crippen LogP contribution in [0.15, 0.2) is 29.1 Å². The molecule has 3 rings (SSSR count). The van der Waals surface area contributed by atoms with Gasteiger partial charge in [0.25, 0.3) is 0 Å². The molecule has 0 radical (unpaired) electrons. The van der Waals surface area contributed by atoms with E-state index < -0.39 is 0 Å². The fourth-order valence-corrected chi connectivity index (χ4v) is 3.45. The van der Waals surface area contributed by atoms with E-state index in [1.165, 1.54) is 11.3 Å². The van der Waals surface area contributed by atoms with Crippen molar-refractivity contribution in [2.75, 3.05) is 32.9 Å². The van der Waals surface area contributed by atoms with Gasteiger partial charge in [-0.3, -0.25) is 9.69 Å². The maximum absolute atomic E-state index is 11.8. The van der Waals surface area contributed by atoms with Gasteiger partial charge in [-0.25, -0.2) is 0 Å². The van der Waals surface area contributed by atoms with E-state index in [1.807, 2.05) is 31.2 Å². The van der Waals surface area contributed by atoms with E-state index >= 15 is 0 Å². The number of aromatic nitrogens is 1. The Balaban J connectivity index is 1.82. The van der Waals surface area contributed by atoms with Gasteiger partial charge in [0, 0.05) is 24.5 Å². The Labute approximate surface area is 133 Å². The monoisotopic (exact) mass is 320 g/mol. The van der Waals surface area contributed by atoms with Gasteiger partial charge in [0.1, 0.15) is 5.75 Å². The van der Waals surface area contributed by atoms with Crippen molar-refractivity contribution in [1.82, 2.24) is 9.88 Å². The number of H-pyrrole nitrogens is 1. The first-order chi connectivity index (χ1) is 10.8. The van der Waals surface area contributed by atoms with E-state index in [2.05, 4.69) is 9.88 Å². The molecule has 5 nitrogen and oxygen atoms in total. The third-order valence-electron chi connectivity index (χ3n) is 3.65. The zero-order valence-corrected chi connectivity index (χ0v) is 13.4. The first kappa shape index (κ1) is 15.3. The van der Waals surface area contributed by atoms with Crippen molar-refractivity contribution in [3.8, 4) is 17.0 Å². The molecule has 1 fully saturated rings. The molecule has 2 aromatic rings. The SMILES string of the molecule is CCOc1ccc(-c2[nH]c(=O)sc2CN2CCOCC2)cc1. The summed E-state index contributed by atoms with van der Waals surface area (Å²) >= 11 is 1.29. The van der Waals surface area contributed by atoms with Gasteiger partial charge < -0.3 is 14.5 Å². The lowest BCUT2D eigenvalue weighted by Crippen LogP contribution is -2.35. The predicted octanol–water partition coefficient (Wildman–Crippen LogP) is 2.33. The molecule has 0 unspecified atom stereocenters. The van der Waals surface area contributed by atoms with Crippen molar-refractivity contribution >= 4 is 11.3 Å². The Morgan fingerprint density at radius 1 is 1.27 bits per heavy atom. The first-order valence-electron chi connectivity index (χ1n) is 7.51. The van der Waals surface area contributed by atoms with E-state index in [1.54, 1.807) is 0 Å². The Morgan fingerprint density at radius 2 is 2.00 bits per heavy atom. The van der Waals surface area contributed by atoms with Gasteiger partial charge in [0.15, 0.2) is 0 Å². The number of hydrogen-bond acceptors (Lipinski definition) is 5. The van der Waals surface area contributed by atoms with Crippen molar-refractivity contribution in [1.29, 1.82) is 0 Å². The second-order valence-electron chi connectivity index (χ2n) is 5.16. The molecule has 0 saturated carbocycles. The van der Waals surface area contributed by atoms with E-state index in [4.69, 9.17) is 9.47 Å². The zero-order valence-electron chi connectivity index (χ0n) is 12.6. The van der Waals surface area contributed by atoms with Crippen LogP contribution in [0.5, 0.6) is 5.75 Å². The molecule has 1 N–H and O–H groups in total. The van der Waals surface area contributed by atoms with Crippen molar-refractivity contribution in [3.05, 3.63) is 38.8 Å². The third-order valence-corrected chi connectivity index (χ3v) is 4.51. The minimum Gasteiger partial charge on any atom is -0.494 e. The number of thiazole rings is 1. The number of morpholine rings is 1. The molecule has 6 heteroatoms. The molecule has 0 bridgehead atoms. The minimum atomic E-state index is -0.00727. The molecule has 0 atom stereocenters. The lowest BCUT2D eigenvalue weighted by atomic mass is 10.1. The molecule has 0 aliphatic carbocycles. The molecule has 1 aliphatic rings. The molecule has 1 aromatic carbocycles. The predicted molar refractivity (Wildman–Crippen MR) is 87.6 cm³/mol. The van der Waals surface area contributed by atoms with Crippen LogP contribution >= 0.6 is 11.3 Å². The average Bonchev–Trinajstić information content (AvgIpc) is 2.90. The second kappa shape index (κ2) is 7.09. The summed E-state index contributed by atoms with van der Waals surface area (Å²) in [7, 11) is 0. The van der Waals surface area contributed by atoms with Crippen LogP contribution in [-0.2, 0) is 11.3 Å². The Hall–Kier alpha value is -1.63. The fraction of sp³-hybridized carbons (Fsp3) is 0.438. The van der Waals surface area contributed by atoms with Gasteiger partial charge in [-0.15, -0.1) is 0 Å². The highest BCUT2D eigenvalue weighted by molar-refractivity contribution is 7.09. The van der Waals surface area contributed by atoms with Crippen LogP contribution in [0.2, 0.25) is 0 Å². The number of nitrogens with zero attached hydrogens (tertiary/aromatic N) is 1. The highest BCUT2D eigenvalue weighted by atomic mass is 32.1. The lowest BCUT2D eigenvalue weighted by Gasteiger charge is -2.26. The summed E-state index contributed by atoms with van der Waals surface area (Å²) < 4.78 is 10.8. The Morgan fingerprint density at radius 3 is 2.68 bits per heavy atom. The number of nitrogens with one attached hydrogen (secondary N) is 1.